The van der Waals surface area contributed by atoms with Crippen molar-refractivity contribution in [1.82, 2.24) is 20.2 Å². The molecule has 2 heterocycles. The number of nitrogens with zero attached hydrogens (tertiary/aromatic N) is 5. The van der Waals surface area contributed by atoms with Gasteiger partial charge in [0, 0.05) is 56.1 Å². The fourth-order valence-electron chi connectivity index (χ4n) is 3.41. The Bertz CT molecular complexity index is 986. The van der Waals surface area contributed by atoms with Crippen LogP contribution in [0.4, 0.5) is 10.7 Å². The van der Waals surface area contributed by atoms with Crippen molar-refractivity contribution in [3.05, 3.63) is 42.2 Å². The van der Waals surface area contributed by atoms with Gasteiger partial charge in [-0.2, -0.15) is 4.99 Å². The van der Waals surface area contributed by atoms with E-state index in [4.69, 9.17) is 11.5 Å². The molecule has 0 radical (unpaired) electrons. The van der Waals surface area contributed by atoms with E-state index in [-0.39, 0.29) is 17.3 Å². The molecule has 1 aromatic carbocycles. The third-order valence-electron chi connectivity index (χ3n) is 5.06. The van der Waals surface area contributed by atoms with E-state index in [2.05, 4.69) is 25.2 Å². The molecule has 32 heavy (non-hydrogen) atoms. The first-order chi connectivity index (χ1) is 15.1. The predicted octanol–water partition coefficient (Wildman–Crippen LogP) is 1.32. The number of amides is 3. The van der Waals surface area contributed by atoms with Crippen LogP contribution in [0.15, 0.2) is 41.7 Å². The highest BCUT2D eigenvalue weighted by molar-refractivity contribution is 5.90. The highest BCUT2D eigenvalue weighted by Gasteiger charge is 2.30. The summed E-state index contributed by atoms with van der Waals surface area (Å²) in [5.41, 5.74) is 12.7. The first kappa shape index (κ1) is 23.0. The second-order valence-electron chi connectivity index (χ2n) is 8.70. The Morgan fingerprint density at radius 3 is 2.31 bits per heavy atom. The van der Waals surface area contributed by atoms with Gasteiger partial charge in [-0.25, -0.2) is 14.8 Å². The fourth-order valence-corrected chi connectivity index (χ4v) is 3.41. The van der Waals surface area contributed by atoms with Gasteiger partial charge in [0.2, 0.25) is 11.9 Å². The summed E-state index contributed by atoms with van der Waals surface area (Å²) in [6.45, 7) is 8.84. The second-order valence-corrected chi connectivity index (χ2v) is 8.70. The Hall–Kier alpha value is -3.69. The first-order valence-electron chi connectivity index (χ1n) is 10.5. The van der Waals surface area contributed by atoms with E-state index < -0.39 is 6.03 Å². The van der Waals surface area contributed by atoms with Crippen LogP contribution in [0.1, 0.15) is 26.3 Å². The van der Waals surface area contributed by atoms with Gasteiger partial charge in [-0.3, -0.25) is 4.79 Å². The molecule has 5 N–H and O–H groups in total. The number of carbonyl (C=O) groups excluding carboxylic acids is 2. The number of nitrogens with two attached hydrogens (primary N) is 2. The molecule has 1 aromatic heterocycles. The molecular formula is C22H30N8O2. The van der Waals surface area contributed by atoms with E-state index >= 15 is 0 Å². The lowest BCUT2D eigenvalue weighted by molar-refractivity contribution is -0.139. The minimum absolute atomic E-state index is 0.169. The van der Waals surface area contributed by atoms with E-state index in [1.54, 1.807) is 12.4 Å². The van der Waals surface area contributed by atoms with Gasteiger partial charge in [0.25, 0.3) is 0 Å². The zero-order valence-corrected chi connectivity index (χ0v) is 18.7. The lowest BCUT2D eigenvalue weighted by Gasteiger charge is -2.37. The van der Waals surface area contributed by atoms with E-state index in [9.17, 15) is 9.59 Å². The topological polar surface area (TPSA) is 143 Å². The van der Waals surface area contributed by atoms with Gasteiger partial charge in [0.1, 0.15) is 0 Å². The minimum Gasteiger partial charge on any atom is -0.370 e. The van der Waals surface area contributed by atoms with Gasteiger partial charge in [-0.15, -0.1) is 0 Å². The number of guanidine groups is 1. The molecule has 10 heteroatoms. The first-order valence-corrected chi connectivity index (χ1v) is 10.5. The van der Waals surface area contributed by atoms with Crippen molar-refractivity contribution >= 4 is 23.8 Å². The summed E-state index contributed by atoms with van der Waals surface area (Å²) in [6, 6.07) is 7.11. The molecule has 1 saturated heterocycles. The van der Waals surface area contributed by atoms with Crippen molar-refractivity contribution in [2.45, 2.75) is 27.3 Å². The van der Waals surface area contributed by atoms with E-state index in [1.165, 1.54) is 0 Å². The van der Waals surface area contributed by atoms with Gasteiger partial charge >= 0.3 is 6.03 Å². The molecule has 0 spiro atoms. The van der Waals surface area contributed by atoms with Gasteiger partial charge in [-0.1, -0.05) is 39.0 Å². The maximum atomic E-state index is 12.5. The maximum Gasteiger partial charge on any atom is 0.344 e. The summed E-state index contributed by atoms with van der Waals surface area (Å²) in [7, 11) is 0. The number of piperazine rings is 1. The van der Waals surface area contributed by atoms with Crippen molar-refractivity contribution < 1.29 is 9.59 Å². The molecule has 2 aromatic rings. The smallest absolute Gasteiger partial charge is 0.344 e. The average Bonchev–Trinajstić information content (AvgIpc) is 2.76. The molecule has 0 bridgehead atoms. The quantitative estimate of drug-likeness (QED) is 0.482. The molecule has 1 fully saturated rings. The highest BCUT2D eigenvalue weighted by Crippen LogP contribution is 2.22. The number of anilines is 1. The Balaban J connectivity index is 1.61. The van der Waals surface area contributed by atoms with Crippen LogP contribution in [0.25, 0.3) is 11.1 Å². The van der Waals surface area contributed by atoms with Gasteiger partial charge in [0.05, 0.1) is 0 Å². The van der Waals surface area contributed by atoms with Crippen LogP contribution in [0, 0.1) is 5.41 Å². The Morgan fingerprint density at radius 2 is 1.72 bits per heavy atom. The van der Waals surface area contributed by atoms with Crippen molar-refractivity contribution in [3.63, 3.8) is 0 Å². The van der Waals surface area contributed by atoms with Crippen LogP contribution in [-0.2, 0) is 11.3 Å². The normalized spacial score (nSPS) is 14.1. The lowest BCUT2D eigenvalue weighted by Crippen LogP contribution is -2.52. The van der Waals surface area contributed by atoms with E-state index in [1.807, 2.05) is 49.9 Å². The van der Waals surface area contributed by atoms with Gasteiger partial charge in [0.15, 0.2) is 5.96 Å². The predicted molar refractivity (Wildman–Crippen MR) is 124 cm³/mol. The van der Waals surface area contributed by atoms with Crippen LogP contribution in [0.3, 0.4) is 0 Å². The zero-order chi connectivity index (χ0) is 23.3. The van der Waals surface area contributed by atoms with Crippen LogP contribution >= 0.6 is 0 Å². The van der Waals surface area contributed by atoms with Crippen molar-refractivity contribution in [2.75, 3.05) is 31.1 Å². The number of benzene rings is 1. The molecule has 0 atom stereocenters. The third-order valence-corrected chi connectivity index (χ3v) is 5.06. The van der Waals surface area contributed by atoms with Crippen molar-refractivity contribution in [1.29, 1.82) is 0 Å². The second kappa shape index (κ2) is 9.63. The summed E-state index contributed by atoms with van der Waals surface area (Å²) in [5.74, 6) is 0.538. The summed E-state index contributed by atoms with van der Waals surface area (Å²) in [5, 5.41) is 2.63. The monoisotopic (exact) mass is 438 g/mol. The number of hydrogen-bond donors (Lipinski definition) is 3. The molecule has 1 aliphatic heterocycles. The molecule has 1 aliphatic rings. The molecule has 0 unspecified atom stereocenters. The van der Waals surface area contributed by atoms with Crippen LogP contribution in [0.2, 0.25) is 0 Å². The summed E-state index contributed by atoms with van der Waals surface area (Å²) in [6.07, 6.45) is 3.57. The fraction of sp³-hybridized carbons (Fsp3) is 0.409. The maximum absolute atomic E-state index is 12.5. The number of aliphatic imine (C=N–C) groups is 1. The average molecular weight is 439 g/mol. The molecule has 3 rings (SSSR count). The van der Waals surface area contributed by atoms with E-state index in [0.717, 1.165) is 16.7 Å². The summed E-state index contributed by atoms with van der Waals surface area (Å²) >= 11 is 0. The Kier molecular flexibility index (Phi) is 6.92. The Labute approximate surface area is 187 Å². The number of hydrogen-bond acceptors (Lipinski definition) is 5. The molecule has 10 nitrogen and oxygen atoms in total. The highest BCUT2D eigenvalue weighted by atomic mass is 16.2. The van der Waals surface area contributed by atoms with Crippen molar-refractivity contribution in [3.8, 4) is 11.1 Å². The minimum atomic E-state index is -0.590. The van der Waals surface area contributed by atoms with Gasteiger partial charge in [-0.05, 0) is 17.2 Å². The molecular weight excluding hydrogens is 408 g/mol. The molecule has 170 valence electrons. The van der Waals surface area contributed by atoms with Crippen LogP contribution in [-0.4, -0.2) is 58.9 Å². The molecule has 0 saturated carbocycles. The van der Waals surface area contributed by atoms with Crippen molar-refractivity contribution in [2.24, 2.45) is 21.9 Å². The van der Waals surface area contributed by atoms with E-state index in [0.29, 0.717) is 38.7 Å². The lowest BCUT2D eigenvalue weighted by atomic mass is 9.94. The largest absolute Gasteiger partial charge is 0.370 e. The molecule has 3 amide bonds. The Morgan fingerprint density at radius 1 is 1.06 bits per heavy atom. The number of rotatable bonds is 4. The third kappa shape index (κ3) is 5.93. The van der Waals surface area contributed by atoms with Crippen LogP contribution < -0.4 is 21.7 Å². The molecule has 0 aliphatic carbocycles. The summed E-state index contributed by atoms with van der Waals surface area (Å²) in [4.78, 5) is 40.5. The number of nitrogens with one attached hydrogen (secondary N) is 1. The standard InChI is InChI=1S/C22H30N8O2/c1-22(2,3)18(31)29-7-9-30(10-8-29)20-25-13-17(14-26-20)16-6-4-5-15(11-16)12-27-21(32)28-19(23)24/h4-6,11,13-14H,7-10,12H2,1-3H3,(H5,23,24,27,28,32). The number of aromatic nitrogens is 2. The van der Waals surface area contributed by atoms with Gasteiger partial charge < -0.3 is 26.6 Å². The van der Waals surface area contributed by atoms with Crippen LogP contribution in [0.5, 0.6) is 0 Å². The zero-order valence-electron chi connectivity index (χ0n) is 18.7. The SMILES string of the molecule is CC(C)(C)C(=O)N1CCN(c2ncc(-c3cccc(CNC(=O)N=C(N)N)c3)cn2)CC1. The number of urea groups is 1. The summed E-state index contributed by atoms with van der Waals surface area (Å²) < 4.78 is 0. The number of carbonyl (C=O) groups is 2.